The van der Waals surface area contributed by atoms with Crippen molar-refractivity contribution in [2.45, 2.75) is 17.7 Å². The third-order valence-corrected chi connectivity index (χ3v) is 5.61. The van der Waals surface area contributed by atoms with E-state index in [1.54, 1.807) is 11.8 Å². The minimum atomic E-state index is -3.21. The standard InChI is InChI=1S/C14H19NO3S2/c1-19-13-7-5-11(6-8-13)14(16)12-4-3-9-15(10-12)20(2,17)18/h5-8,12H,3-4,9-10H2,1-2H3/t12-/m1/s1. The lowest BCUT2D eigenvalue weighted by atomic mass is 9.91. The van der Waals surface area contributed by atoms with Gasteiger partial charge in [0.2, 0.25) is 10.0 Å². The summed E-state index contributed by atoms with van der Waals surface area (Å²) < 4.78 is 24.6. The smallest absolute Gasteiger partial charge is 0.211 e. The first-order valence-electron chi connectivity index (χ1n) is 6.55. The highest BCUT2D eigenvalue weighted by atomic mass is 32.2. The summed E-state index contributed by atoms with van der Waals surface area (Å²) in [5, 5.41) is 0. The topological polar surface area (TPSA) is 54.5 Å². The predicted octanol–water partition coefficient (Wildman–Crippen LogP) is 2.26. The van der Waals surface area contributed by atoms with Gasteiger partial charge in [-0.3, -0.25) is 4.79 Å². The van der Waals surface area contributed by atoms with Crippen molar-refractivity contribution in [2.75, 3.05) is 25.6 Å². The zero-order valence-corrected chi connectivity index (χ0v) is 13.3. The Balaban J connectivity index is 2.12. The molecule has 6 heteroatoms. The van der Waals surface area contributed by atoms with E-state index in [0.717, 1.165) is 17.7 Å². The highest BCUT2D eigenvalue weighted by molar-refractivity contribution is 7.98. The molecule has 1 heterocycles. The maximum absolute atomic E-state index is 12.4. The number of hydrogen-bond donors (Lipinski definition) is 0. The minimum absolute atomic E-state index is 0.0472. The van der Waals surface area contributed by atoms with Crippen LogP contribution >= 0.6 is 11.8 Å². The molecule has 1 saturated heterocycles. The number of thioether (sulfide) groups is 1. The van der Waals surface area contributed by atoms with Gasteiger partial charge in [-0.25, -0.2) is 12.7 Å². The van der Waals surface area contributed by atoms with Crippen LogP contribution in [0.5, 0.6) is 0 Å². The molecule has 1 fully saturated rings. The Bertz CT molecular complexity index is 581. The first-order valence-corrected chi connectivity index (χ1v) is 9.62. The van der Waals surface area contributed by atoms with Crippen LogP contribution in [-0.4, -0.2) is 44.1 Å². The van der Waals surface area contributed by atoms with Gasteiger partial charge >= 0.3 is 0 Å². The van der Waals surface area contributed by atoms with Crippen LogP contribution in [0.4, 0.5) is 0 Å². The molecule has 0 bridgehead atoms. The fourth-order valence-corrected chi connectivity index (χ4v) is 3.77. The van der Waals surface area contributed by atoms with Gasteiger partial charge in [0, 0.05) is 29.5 Å². The molecule has 1 aromatic carbocycles. The van der Waals surface area contributed by atoms with E-state index in [0.29, 0.717) is 18.7 Å². The number of nitrogens with zero attached hydrogens (tertiary/aromatic N) is 1. The second-order valence-corrected chi connectivity index (χ2v) is 7.92. The van der Waals surface area contributed by atoms with Crippen LogP contribution in [0, 0.1) is 5.92 Å². The molecule has 1 aliphatic heterocycles. The van der Waals surface area contributed by atoms with Crippen molar-refractivity contribution >= 4 is 27.6 Å². The normalized spacial score (nSPS) is 20.8. The molecule has 2 rings (SSSR count). The Labute approximate surface area is 124 Å². The summed E-state index contributed by atoms with van der Waals surface area (Å²) in [6, 6.07) is 7.51. The maximum atomic E-state index is 12.4. The molecule has 20 heavy (non-hydrogen) atoms. The second-order valence-electron chi connectivity index (χ2n) is 5.05. The van der Waals surface area contributed by atoms with Crippen LogP contribution < -0.4 is 0 Å². The van der Waals surface area contributed by atoms with Gasteiger partial charge in [0.15, 0.2) is 5.78 Å². The van der Waals surface area contributed by atoms with E-state index in [2.05, 4.69) is 0 Å². The van der Waals surface area contributed by atoms with Crippen molar-refractivity contribution in [1.82, 2.24) is 4.31 Å². The highest BCUT2D eigenvalue weighted by Gasteiger charge is 2.30. The Morgan fingerprint density at radius 3 is 2.50 bits per heavy atom. The van der Waals surface area contributed by atoms with Crippen molar-refractivity contribution in [3.63, 3.8) is 0 Å². The van der Waals surface area contributed by atoms with E-state index >= 15 is 0 Å². The third-order valence-electron chi connectivity index (χ3n) is 3.60. The summed E-state index contributed by atoms with van der Waals surface area (Å²) in [5.74, 6) is -0.176. The summed E-state index contributed by atoms with van der Waals surface area (Å²) in [6.45, 7) is 0.829. The van der Waals surface area contributed by atoms with E-state index < -0.39 is 10.0 Å². The summed E-state index contributed by atoms with van der Waals surface area (Å²) in [5.41, 5.74) is 0.670. The van der Waals surface area contributed by atoms with Gasteiger partial charge in [-0.15, -0.1) is 11.8 Å². The summed E-state index contributed by atoms with van der Waals surface area (Å²) in [6.07, 6.45) is 4.69. The van der Waals surface area contributed by atoms with E-state index in [1.165, 1.54) is 10.6 Å². The van der Waals surface area contributed by atoms with Crippen LogP contribution in [-0.2, 0) is 10.0 Å². The van der Waals surface area contributed by atoms with Crippen LogP contribution in [0.1, 0.15) is 23.2 Å². The Morgan fingerprint density at radius 1 is 1.30 bits per heavy atom. The largest absolute Gasteiger partial charge is 0.294 e. The first kappa shape index (κ1) is 15.5. The number of ketones is 1. The van der Waals surface area contributed by atoms with E-state index in [1.807, 2.05) is 30.5 Å². The van der Waals surface area contributed by atoms with Crippen molar-refractivity contribution in [1.29, 1.82) is 0 Å². The molecule has 1 aromatic rings. The molecule has 0 saturated carbocycles. The quantitative estimate of drug-likeness (QED) is 0.632. The van der Waals surface area contributed by atoms with E-state index in [9.17, 15) is 13.2 Å². The number of hydrogen-bond acceptors (Lipinski definition) is 4. The van der Waals surface area contributed by atoms with Crippen molar-refractivity contribution in [3.8, 4) is 0 Å². The lowest BCUT2D eigenvalue weighted by molar-refractivity contribution is 0.0872. The molecule has 1 atom stereocenters. The summed E-state index contributed by atoms with van der Waals surface area (Å²) >= 11 is 1.63. The van der Waals surface area contributed by atoms with Crippen molar-refractivity contribution < 1.29 is 13.2 Å². The van der Waals surface area contributed by atoms with Gasteiger partial charge in [-0.1, -0.05) is 12.1 Å². The lowest BCUT2D eigenvalue weighted by Crippen LogP contribution is -2.41. The number of carbonyl (C=O) groups is 1. The van der Waals surface area contributed by atoms with Crippen LogP contribution in [0.3, 0.4) is 0 Å². The number of rotatable bonds is 4. The Hall–Kier alpha value is -0.850. The molecule has 0 aliphatic carbocycles. The van der Waals surface area contributed by atoms with E-state index in [4.69, 9.17) is 0 Å². The molecule has 0 unspecified atom stereocenters. The first-order chi connectivity index (χ1) is 9.41. The maximum Gasteiger partial charge on any atom is 0.211 e. The SMILES string of the molecule is CSc1ccc(C(=O)[C@@H]2CCCN(S(C)(=O)=O)C2)cc1. The minimum Gasteiger partial charge on any atom is -0.294 e. The molecule has 0 radical (unpaired) electrons. The average molecular weight is 313 g/mol. The number of Topliss-reactive ketones (excluding diaryl/α,β-unsaturated/α-hetero) is 1. The summed E-state index contributed by atoms with van der Waals surface area (Å²) in [4.78, 5) is 13.6. The predicted molar refractivity (Wildman–Crippen MR) is 81.7 cm³/mol. The number of benzene rings is 1. The van der Waals surface area contributed by atoms with Crippen LogP contribution in [0.15, 0.2) is 29.2 Å². The molecule has 110 valence electrons. The van der Waals surface area contributed by atoms with Gasteiger partial charge in [0.05, 0.1) is 6.26 Å². The average Bonchev–Trinajstić information content (AvgIpc) is 2.46. The number of carbonyl (C=O) groups excluding carboxylic acids is 1. The van der Waals surface area contributed by atoms with Gasteiger partial charge in [-0.2, -0.15) is 0 Å². The zero-order valence-electron chi connectivity index (χ0n) is 11.7. The third kappa shape index (κ3) is 3.62. The highest BCUT2D eigenvalue weighted by Crippen LogP contribution is 2.23. The Kier molecular flexibility index (Phi) is 4.88. The molecule has 4 nitrogen and oxygen atoms in total. The molecular weight excluding hydrogens is 294 g/mol. The fraction of sp³-hybridized carbons (Fsp3) is 0.500. The van der Waals surface area contributed by atoms with Gasteiger partial charge in [-0.05, 0) is 31.2 Å². The number of sulfonamides is 1. The fourth-order valence-electron chi connectivity index (χ4n) is 2.45. The van der Waals surface area contributed by atoms with Crippen molar-refractivity contribution in [3.05, 3.63) is 29.8 Å². The molecule has 1 aliphatic rings. The van der Waals surface area contributed by atoms with Crippen LogP contribution in [0.25, 0.3) is 0 Å². The van der Waals surface area contributed by atoms with Crippen molar-refractivity contribution in [2.24, 2.45) is 5.92 Å². The zero-order chi connectivity index (χ0) is 14.8. The van der Waals surface area contributed by atoms with Gasteiger partial charge in [0.1, 0.15) is 0 Å². The van der Waals surface area contributed by atoms with Crippen LogP contribution in [0.2, 0.25) is 0 Å². The molecular formula is C14H19NO3S2. The monoisotopic (exact) mass is 313 g/mol. The Morgan fingerprint density at radius 2 is 1.95 bits per heavy atom. The van der Waals surface area contributed by atoms with E-state index in [-0.39, 0.29) is 11.7 Å². The summed E-state index contributed by atoms with van der Waals surface area (Å²) in [7, 11) is -3.21. The molecule has 0 aromatic heterocycles. The van der Waals surface area contributed by atoms with Gasteiger partial charge in [0.25, 0.3) is 0 Å². The number of piperidine rings is 1. The molecule has 0 N–H and O–H groups in total. The molecule has 0 spiro atoms. The van der Waals surface area contributed by atoms with Gasteiger partial charge < -0.3 is 0 Å². The lowest BCUT2D eigenvalue weighted by Gasteiger charge is -2.30. The second kappa shape index (κ2) is 6.28. The molecule has 0 amide bonds.